The molecule has 0 aromatic rings. The molecule has 1 aliphatic rings. The third kappa shape index (κ3) is 3.88. The predicted octanol–water partition coefficient (Wildman–Crippen LogP) is 3.80. The molecule has 0 saturated heterocycles. The van der Waals surface area contributed by atoms with Crippen molar-refractivity contribution in [2.75, 3.05) is 13.2 Å². The molecule has 0 radical (unpaired) electrons. The Morgan fingerprint density at radius 2 is 1.88 bits per heavy atom. The van der Waals surface area contributed by atoms with E-state index in [1.165, 1.54) is 4.91 Å². The minimum Gasteiger partial charge on any atom is -0.360 e. The minimum atomic E-state index is -0.241. The van der Waals surface area contributed by atoms with Gasteiger partial charge in [-0.15, -0.1) is 0 Å². The van der Waals surface area contributed by atoms with E-state index in [0.717, 1.165) is 17.4 Å². The van der Waals surface area contributed by atoms with Crippen molar-refractivity contribution in [3.8, 4) is 0 Å². The quantitative estimate of drug-likeness (QED) is 0.570. The highest BCUT2D eigenvalue weighted by molar-refractivity contribution is 9.11. The van der Waals surface area contributed by atoms with Crippen LogP contribution >= 0.6 is 27.7 Å². The lowest BCUT2D eigenvalue weighted by Crippen LogP contribution is -2.48. The normalized spacial score (nSPS) is 24.6. The van der Waals surface area contributed by atoms with Gasteiger partial charge in [-0.2, -0.15) is 0 Å². The van der Waals surface area contributed by atoms with Gasteiger partial charge < -0.3 is 14.8 Å². The highest BCUT2D eigenvalue weighted by atomic mass is 79.9. The summed E-state index contributed by atoms with van der Waals surface area (Å²) in [6.07, 6.45) is 1.99. The maximum absolute atomic E-state index is 5.69. The van der Waals surface area contributed by atoms with Crippen LogP contribution in [0.1, 0.15) is 40.5 Å². The van der Waals surface area contributed by atoms with Crippen molar-refractivity contribution < 1.29 is 9.47 Å². The summed E-state index contributed by atoms with van der Waals surface area (Å²) in [5.74, 6) is 0. The summed E-state index contributed by atoms with van der Waals surface area (Å²) < 4.78 is 12.5. The van der Waals surface area contributed by atoms with Crippen LogP contribution in [-0.4, -0.2) is 24.4 Å². The smallest absolute Gasteiger partial charge is 0.190 e. The van der Waals surface area contributed by atoms with Crippen molar-refractivity contribution in [1.29, 1.82) is 0 Å². The maximum atomic E-state index is 5.69. The summed E-state index contributed by atoms with van der Waals surface area (Å²) in [6, 6.07) is 0. The van der Waals surface area contributed by atoms with Gasteiger partial charge in [-0.3, -0.25) is 0 Å². The molecule has 1 heterocycles. The number of halogens is 1. The molecular formula is C12H22BrNO2S. The molecule has 0 bridgehead atoms. The van der Waals surface area contributed by atoms with E-state index in [4.69, 9.17) is 9.47 Å². The van der Waals surface area contributed by atoms with Gasteiger partial charge >= 0.3 is 0 Å². The zero-order chi connectivity index (χ0) is 12.9. The molecule has 1 unspecified atom stereocenters. The second-order valence-electron chi connectivity index (χ2n) is 4.06. The molecule has 1 rings (SSSR count). The van der Waals surface area contributed by atoms with Gasteiger partial charge in [0.25, 0.3) is 0 Å². The first-order chi connectivity index (χ1) is 8.07. The first kappa shape index (κ1) is 15.3. The summed E-state index contributed by atoms with van der Waals surface area (Å²) in [6.45, 7) is 9.60. The van der Waals surface area contributed by atoms with Crippen molar-refractivity contribution >= 4 is 27.7 Å². The van der Waals surface area contributed by atoms with E-state index in [1.807, 2.05) is 13.8 Å². The molecule has 0 spiro atoms. The Kier molecular flexibility index (Phi) is 6.34. The van der Waals surface area contributed by atoms with E-state index in [9.17, 15) is 0 Å². The molecule has 0 aromatic carbocycles. The average molecular weight is 324 g/mol. The summed E-state index contributed by atoms with van der Waals surface area (Å²) in [5, 5.41) is 3.44. The highest BCUT2D eigenvalue weighted by Crippen LogP contribution is 2.45. The Morgan fingerprint density at radius 3 is 2.35 bits per heavy atom. The Bertz CT molecular complexity index is 280. The molecule has 5 heteroatoms. The fraction of sp³-hybridized carbons (Fsp3) is 0.833. The summed E-state index contributed by atoms with van der Waals surface area (Å²) in [7, 11) is 0. The Balaban J connectivity index is 2.70. The number of hydrogen-bond donors (Lipinski definition) is 1. The van der Waals surface area contributed by atoms with E-state index in [0.29, 0.717) is 13.2 Å². The van der Waals surface area contributed by atoms with Crippen LogP contribution < -0.4 is 5.32 Å². The van der Waals surface area contributed by atoms with Gasteiger partial charge in [-0.1, -0.05) is 25.1 Å². The monoisotopic (exact) mass is 323 g/mol. The first-order valence-electron chi connectivity index (χ1n) is 6.16. The number of rotatable bonds is 7. The summed E-state index contributed by atoms with van der Waals surface area (Å²) in [4.78, 5) is 1.11. The van der Waals surface area contributed by atoms with Crippen molar-refractivity contribution in [3.05, 3.63) is 9.51 Å². The molecule has 3 nitrogen and oxygen atoms in total. The van der Waals surface area contributed by atoms with Crippen molar-refractivity contribution in [3.63, 3.8) is 0 Å². The fourth-order valence-electron chi connectivity index (χ4n) is 1.78. The Hall–Kier alpha value is 0.290. The molecule has 1 N–H and O–H groups in total. The molecular weight excluding hydrogens is 302 g/mol. The molecule has 0 saturated carbocycles. The summed E-state index contributed by atoms with van der Waals surface area (Å²) >= 11 is 5.39. The van der Waals surface area contributed by atoms with E-state index < -0.39 is 0 Å². The molecule has 1 atom stereocenters. The molecule has 0 aliphatic carbocycles. The van der Waals surface area contributed by atoms with E-state index in [1.54, 1.807) is 11.8 Å². The average Bonchev–Trinajstić information content (AvgIpc) is 2.56. The molecule has 0 fully saturated rings. The van der Waals surface area contributed by atoms with Crippen LogP contribution in [0.5, 0.6) is 0 Å². The number of thioether (sulfide) groups is 1. The van der Waals surface area contributed by atoms with Gasteiger partial charge in [0.2, 0.25) is 0 Å². The van der Waals surface area contributed by atoms with Crippen LogP contribution in [0.15, 0.2) is 9.51 Å². The second-order valence-corrected chi connectivity index (χ2v) is 6.40. The fourth-order valence-corrected chi connectivity index (χ4v) is 4.11. The molecule has 100 valence electrons. The predicted molar refractivity (Wildman–Crippen MR) is 77.0 cm³/mol. The van der Waals surface area contributed by atoms with Crippen molar-refractivity contribution in [2.45, 2.75) is 51.7 Å². The third-order valence-corrected chi connectivity index (χ3v) is 4.81. The van der Waals surface area contributed by atoms with E-state index in [2.05, 4.69) is 35.1 Å². The Labute approximate surface area is 117 Å². The van der Waals surface area contributed by atoms with Crippen molar-refractivity contribution in [2.24, 2.45) is 0 Å². The lowest BCUT2D eigenvalue weighted by atomic mass is 10.3. The minimum absolute atomic E-state index is 0.232. The highest BCUT2D eigenvalue weighted by Gasteiger charge is 2.42. The van der Waals surface area contributed by atoms with Crippen LogP contribution in [0.3, 0.4) is 0 Å². The first-order valence-corrected chi connectivity index (χ1v) is 7.77. The zero-order valence-electron chi connectivity index (χ0n) is 11.0. The number of allylic oxidation sites excluding steroid dienone is 1. The second kappa shape index (κ2) is 7.02. The largest absolute Gasteiger partial charge is 0.360 e. The van der Waals surface area contributed by atoms with Crippen molar-refractivity contribution in [1.82, 2.24) is 5.32 Å². The van der Waals surface area contributed by atoms with Crippen LogP contribution in [0.4, 0.5) is 0 Å². The van der Waals surface area contributed by atoms with Crippen LogP contribution in [0.25, 0.3) is 0 Å². The maximum Gasteiger partial charge on any atom is 0.190 e. The molecule has 1 aliphatic heterocycles. The SMILES string of the molecule is CCCC1=C(Br)NC(C)(C(OCC)OCC)S1. The van der Waals surface area contributed by atoms with Crippen LogP contribution in [0, 0.1) is 0 Å². The van der Waals surface area contributed by atoms with Gasteiger partial charge in [-0.25, -0.2) is 0 Å². The Morgan fingerprint density at radius 1 is 1.29 bits per heavy atom. The third-order valence-electron chi connectivity index (χ3n) is 2.50. The van der Waals surface area contributed by atoms with Gasteiger partial charge in [-0.05, 0) is 43.1 Å². The van der Waals surface area contributed by atoms with Gasteiger partial charge in [0, 0.05) is 18.1 Å². The van der Waals surface area contributed by atoms with Crippen LogP contribution in [-0.2, 0) is 9.47 Å². The topological polar surface area (TPSA) is 30.5 Å². The molecule has 17 heavy (non-hydrogen) atoms. The van der Waals surface area contributed by atoms with Crippen LogP contribution in [0.2, 0.25) is 0 Å². The van der Waals surface area contributed by atoms with Gasteiger partial charge in [0.1, 0.15) is 4.87 Å². The zero-order valence-corrected chi connectivity index (χ0v) is 13.4. The van der Waals surface area contributed by atoms with Gasteiger partial charge in [0.05, 0.1) is 4.61 Å². The lowest BCUT2D eigenvalue weighted by molar-refractivity contribution is -0.156. The van der Waals surface area contributed by atoms with E-state index in [-0.39, 0.29) is 11.2 Å². The summed E-state index contributed by atoms with van der Waals surface area (Å²) in [5.41, 5.74) is 0. The number of hydrogen-bond acceptors (Lipinski definition) is 4. The molecule has 0 amide bonds. The number of nitrogens with one attached hydrogen (secondary N) is 1. The van der Waals surface area contributed by atoms with E-state index >= 15 is 0 Å². The number of ether oxygens (including phenoxy) is 2. The lowest BCUT2D eigenvalue weighted by Gasteiger charge is -2.33. The molecule has 0 aromatic heterocycles. The van der Waals surface area contributed by atoms with Gasteiger partial charge in [0.15, 0.2) is 6.29 Å². The standard InChI is InChI=1S/C12H22BrNO2S/c1-5-8-9-10(13)14-12(4,17-9)11(15-6-2)16-7-3/h11,14H,5-8H2,1-4H3.